The zero-order valence-corrected chi connectivity index (χ0v) is 16.1. The van der Waals surface area contributed by atoms with E-state index < -0.39 is 17.7 Å². The number of benzene rings is 1. The molecule has 8 heteroatoms. The Balaban J connectivity index is 1.25. The lowest BCUT2D eigenvalue weighted by Gasteiger charge is -2.56. The van der Waals surface area contributed by atoms with Crippen LogP contribution < -0.4 is 16.4 Å². The van der Waals surface area contributed by atoms with Crippen molar-refractivity contribution < 1.29 is 14.1 Å². The molecule has 2 aromatic rings. The van der Waals surface area contributed by atoms with Gasteiger partial charge in [0, 0.05) is 11.1 Å². The van der Waals surface area contributed by atoms with Gasteiger partial charge in [-0.15, -0.1) is 0 Å². The van der Waals surface area contributed by atoms with E-state index in [-0.39, 0.29) is 17.9 Å². The maximum absolute atomic E-state index is 12.5. The van der Waals surface area contributed by atoms with Crippen molar-refractivity contribution in [3.8, 4) is 11.4 Å². The summed E-state index contributed by atoms with van der Waals surface area (Å²) in [6.45, 7) is -0.332. The molecular formula is C21H24N4O4. The molecule has 0 unspecified atom stereocenters. The fourth-order valence-corrected chi connectivity index (χ4v) is 6.05. The molecule has 1 heterocycles. The monoisotopic (exact) mass is 396 g/mol. The Morgan fingerprint density at radius 3 is 2.31 bits per heavy atom. The number of imide groups is 1. The molecule has 0 saturated heterocycles. The number of amides is 3. The van der Waals surface area contributed by atoms with Crippen LogP contribution in [0.25, 0.3) is 11.4 Å². The lowest BCUT2D eigenvalue weighted by Crippen LogP contribution is -2.62. The van der Waals surface area contributed by atoms with E-state index in [1.807, 2.05) is 6.07 Å². The number of hydrogen-bond acceptors (Lipinski definition) is 5. The van der Waals surface area contributed by atoms with E-state index in [9.17, 15) is 14.4 Å². The Morgan fingerprint density at radius 1 is 1.07 bits per heavy atom. The van der Waals surface area contributed by atoms with Gasteiger partial charge < -0.3 is 5.32 Å². The molecular weight excluding hydrogens is 372 g/mol. The number of hydrogen-bond donors (Lipinski definition) is 2. The first-order valence-electron chi connectivity index (χ1n) is 10.2. The van der Waals surface area contributed by atoms with Gasteiger partial charge in [-0.1, -0.05) is 35.5 Å². The van der Waals surface area contributed by atoms with Gasteiger partial charge in [0.15, 0.2) is 5.82 Å². The smallest absolute Gasteiger partial charge is 0.332 e. The maximum Gasteiger partial charge on any atom is 0.442 e. The molecule has 0 spiro atoms. The lowest BCUT2D eigenvalue weighted by molar-refractivity contribution is -0.120. The molecule has 3 amide bonds. The lowest BCUT2D eigenvalue weighted by atomic mass is 9.53. The van der Waals surface area contributed by atoms with Crippen LogP contribution >= 0.6 is 0 Å². The van der Waals surface area contributed by atoms with Gasteiger partial charge in [0.25, 0.3) is 0 Å². The third kappa shape index (κ3) is 3.47. The highest BCUT2D eigenvalue weighted by atomic mass is 16.5. The van der Waals surface area contributed by atoms with Crippen molar-refractivity contribution in [2.24, 2.45) is 17.8 Å². The first-order chi connectivity index (χ1) is 14.0. The predicted octanol–water partition coefficient (Wildman–Crippen LogP) is 2.30. The minimum Gasteiger partial charge on any atom is -0.332 e. The second-order valence-electron chi connectivity index (χ2n) is 8.92. The Bertz CT molecular complexity index is 958. The molecule has 4 aliphatic carbocycles. The molecule has 4 saturated carbocycles. The normalized spacial score (nSPS) is 29.6. The standard InChI is InChI=1S/C21H24N4O4/c26-17(12-25-18(24-29-20(25)28)16-4-2-1-3-5-16)22-19(27)23-21-9-13-6-14(10-21)8-15(7-13)11-21/h1-5,13-15H,6-12H2,(H2,22,23,26,27). The van der Waals surface area contributed by atoms with E-state index >= 15 is 0 Å². The quantitative estimate of drug-likeness (QED) is 0.825. The van der Waals surface area contributed by atoms with Crippen LogP contribution in [0.15, 0.2) is 39.6 Å². The summed E-state index contributed by atoms with van der Waals surface area (Å²) in [5.41, 5.74) is 0.478. The Labute approximate surface area is 167 Å². The summed E-state index contributed by atoms with van der Waals surface area (Å²) in [5.74, 6) is 1.03. The Kier molecular flexibility index (Phi) is 4.29. The average Bonchev–Trinajstić information content (AvgIpc) is 3.01. The number of carbonyl (C=O) groups excluding carboxylic acids is 2. The summed E-state index contributed by atoms with van der Waals surface area (Å²) in [6.07, 6.45) is 6.85. The second-order valence-corrected chi connectivity index (χ2v) is 8.92. The van der Waals surface area contributed by atoms with Crippen molar-refractivity contribution >= 4 is 11.9 Å². The number of rotatable bonds is 4. The van der Waals surface area contributed by atoms with Crippen LogP contribution in [0.4, 0.5) is 4.79 Å². The van der Waals surface area contributed by atoms with Gasteiger partial charge in [-0.25, -0.2) is 14.2 Å². The Morgan fingerprint density at radius 2 is 1.69 bits per heavy atom. The van der Waals surface area contributed by atoms with Gasteiger partial charge in [-0.3, -0.25) is 14.6 Å². The largest absolute Gasteiger partial charge is 0.442 e. The summed E-state index contributed by atoms with van der Waals surface area (Å²) in [6, 6.07) is 8.50. The van der Waals surface area contributed by atoms with Crippen LogP contribution in [-0.2, 0) is 11.3 Å². The summed E-state index contributed by atoms with van der Waals surface area (Å²) >= 11 is 0. The summed E-state index contributed by atoms with van der Waals surface area (Å²) < 4.78 is 5.85. The number of nitrogens with one attached hydrogen (secondary N) is 2. The topological polar surface area (TPSA) is 106 Å². The summed E-state index contributed by atoms with van der Waals surface area (Å²) in [4.78, 5) is 37.0. The number of aromatic nitrogens is 2. The van der Waals surface area contributed by atoms with Gasteiger partial charge in [0.2, 0.25) is 5.91 Å². The van der Waals surface area contributed by atoms with Crippen molar-refractivity contribution in [3.63, 3.8) is 0 Å². The molecule has 4 aliphatic rings. The average molecular weight is 396 g/mol. The number of urea groups is 1. The second kappa shape index (κ2) is 6.86. The highest BCUT2D eigenvalue weighted by Gasteiger charge is 2.51. The summed E-state index contributed by atoms with van der Waals surface area (Å²) in [7, 11) is 0. The molecule has 29 heavy (non-hydrogen) atoms. The summed E-state index contributed by atoms with van der Waals surface area (Å²) in [5, 5.41) is 9.24. The fraction of sp³-hybridized carbons (Fsp3) is 0.524. The molecule has 0 aliphatic heterocycles. The fourth-order valence-electron chi connectivity index (χ4n) is 6.05. The molecule has 0 atom stereocenters. The van der Waals surface area contributed by atoms with E-state index in [1.165, 1.54) is 19.3 Å². The van der Waals surface area contributed by atoms with Crippen molar-refractivity contribution in [1.82, 2.24) is 20.4 Å². The highest BCUT2D eigenvalue weighted by molar-refractivity contribution is 5.94. The third-order valence-corrected chi connectivity index (χ3v) is 6.69. The van der Waals surface area contributed by atoms with Crippen LogP contribution in [0.1, 0.15) is 38.5 Å². The molecule has 2 N–H and O–H groups in total. The minimum atomic E-state index is -0.736. The van der Waals surface area contributed by atoms with E-state index in [1.54, 1.807) is 24.3 Å². The molecule has 4 fully saturated rings. The zero-order valence-electron chi connectivity index (χ0n) is 16.1. The molecule has 1 aromatic carbocycles. The van der Waals surface area contributed by atoms with Gasteiger partial charge in [0.1, 0.15) is 6.54 Å². The van der Waals surface area contributed by atoms with Crippen molar-refractivity contribution in [2.45, 2.75) is 50.6 Å². The predicted molar refractivity (Wildman–Crippen MR) is 104 cm³/mol. The van der Waals surface area contributed by atoms with Crippen molar-refractivity contribution in [3.05, 3.63) is 40.9 Å². The number of carbonyl (C=O) groups is 2. The zero-order chi connectivity index (χ0) is 20.0. The molecule has 152 valence electrons. The van der Waals surface area contributed by atoms with Gasteiger partial charge in [-0.2, -0.15) is 0 Å². The Hall–Kier alpha value is -2.90. The van der Waals surface area contributed by atoms with Crippen LogP contribution in [0.3, 0.4) is 0 Å². The molecule has 6 rings (SSSR count). The van der Waals surface area contributed by atoms with Gasteiger partial charge in [-0.05, 0) is 56.3 Å². The van der Waals surface area contributed by atoms with Crippen LogP contribution in [-0.4, -0.2) is 27.2 Å². The maximum atomic E-state index is 12.5. The minimum absolute atomic E-state index is 0.178. The van der Waals surface area contributed by atoms with Crippen LogP contribution in [0.5, 0.6) is 0 Å². The van der Waals surface area contributed by atoms with Gasteiger partial charge >= 0.3 is 11.8 Å². The highest BCUT2D eigenvalue weighted by Crippen LogP contribution is 2.55. The van der Waals surface area contributed by atoms with Crippen molar-refractivity contribution in [2.75, 3.05) is 0 Å². The first kappa shape index (κ1) is 18.1. The van der Waals surface area contributed by atoms with E-state index in [0.29, 0.717) is 23.3 Å². The third-order valence-electron chi connectivity index (χ3n) is 6.69. The van der Waals surface area contributed by atoms with E-state index in [4.69, 9.17) is 4.52 Å². The molecule has 4 bridgehead atoms. The molecule has 8 nitrogen and oxygen atoms in total. The first-order valence-corrected chi connectivity index (χ1v) is 10.2. The van der Waals surface area contributed by atoms with Crippen LogP contribution in [0, 0.1) is 17.8 Å². The van der Waals surface area contributed by atoms with Crippen molar-refractivity contribution in [1.29, 1.82) is 0 Å². The van der Waals surface area contributed by atoms with E-state index in [2.05, 4.69) is 15.8 Å². The molecule has 0 radical (unpaired) electrons. The van der Waals surface area contributed by atoms with Crippen LogP contribution in [0.2, 0.25) is 0 Å². The van der Waals surface area contributed by atoms with Gasteiger partial charge in [0.05, 0.1) is 0 Å². The molecule has 1 aromatic heterocycles. The van der Waals surface area contributed by atoms with E-state index in [0.717, 1.165) is 23.8 Å². The SMILES string of the molecule is O=C(Cn1c(-c2ccccc2)noc1=O)NC(=O)NC12CC3CC(CC(C3)C1)C2. The number of nitrogens with zero attached hydrogens (tertiary/aromatic N) is 2.